The molecule has 0 aliphatic heterocycles. The van der Waals surface area contributed by atoms with Crippen LogP contribution in [0.4, 0.5) is 0 Å². The Morgan fingerprint density at radius 1 is 1.26 bits per heavy atom. The van der Waals surface area contributed by atoms with Gasteiger partial charge in [0, 0.05) is 18.0 Å². The maximum atomic E-state index is 6.10. The predicted molar refractivity (Wildman–Crippen MR) is 79.2 cm³/mol. The average molecular weight is 338 g/mol. The fraction of sp³-hybridized carbons (Fsp3) is 0.154. The van der Waals surface area contributed by atoms with E-state index >= 15 is 0 Å². The Morgan fingerprint density at radius 2 is 2.00 bits per heavy atom. The highest BCUT2D eigenvalue weighted by Gasteiger charge is 2.15. The summed E-state index contributed by atoms with van der Waals surface area (Å²) in [6.45, 7) is 2.06. The highest BCUT2D eigenvalue weighted by molar-refractivity contribution is 9.10. The first-order valence-corrected chi connectivity index (χ1v) is 7.01. The van der Waals surface area contributed by atoms with Crippen molar-refractivity contribution >= 4 is 38.6 Å². The van der Waals surface area contributed by atoms with Gasteiger partial charge in [-0.05, 0) is 34.5 Å². The summed E-state index contributed by atoms with van der Waals surface area (Å²) in [7, 11) is 0. The van der Waals surface area contributed by atoms with E-state index in [9.17, 15) is 0 Å². The summed E-state index contributed by atoms with van der Waals surface area (Å²) in [5.41, 5.74) is 2.65. The van der Waals surface area contributed by atoms with Gasteiger partial charge >= 0.3 is 0 Å². The zero-order valence-electron chi connectivity index (χ0n) is 10.1. The van der Waals surface area contributed by atoms with Crippen LogP contribution in [-0.4, -0.2) is 19.9 Å². The van der Waals surface area contributed by atoms with Gasteiger partial charge in [-0.2, -0.15) is 0 Å². The van der Waals surface area contributed by atoms with Gasteiger partial charge in [0.2, 0.25) is 0 Å². The first-order chi connectivity index (χ1) is 9.20. The zero-order chi connectivity index (χ0) is 13.4. The van der Waals surface area contributed by atoms with Gasteiger partial charge in [0.05, 0.1) is 15.6 Å². The lowest BCUT2D eigenvalue weighted by Crippen LogP contribution is -1.96. The molecule has 1 N–H and O–H groups in total. The Kier molecular flexibility index (Phi) is 3.24. The van der Waals surface area contributed by atoms with Gasteiger partial charge in [0.1, 0.15) is 10.8 Å². The monoisotopic (exact) mass is 336 g/mol. The van der Waals surface area contributed by atoms with Crippen LogP contribution in [0.1, 0.15) is 12.6 Å². The maximum absolute atomic E-state index is 6.10. The van der Waals surface area contributed by atoms with Crippen molar-refractivity contribution in [3.63, 3.8) is 0 Å². The molecule has 0 radical (unpaired) electrons. The average Bonchev–Trinajstić information content (AvgIpc) is 2.74. The molecule has 3 heterocycles. The largest absolute Gasteiger partial charge is 0.329 e. The van der Waals surface area contributed by atoms with E-state index in [-0.39, 0.29) is 0 Å². The molecule has 19 heavy (non-hydrogen) atoms. The van der Waals surface area contributed by atoms with Crippen molar-refractivity contribution < 1.29 is 0 Å². The van der Waals surface area contributed by atoms with E-state index in [0.717, 1.165) is 33.2 Å². The number of fused-ring (bicyclic) bond motifs is 1. The number of nitrogens with one attached hydrogen (secondary N) is 1. The molecular formula is C13H10BrClN4. The summed E-state index contributed by atoms with van der Waals surface area (Å²) in [4.78, 5) is 16.2. The van der Waals surface area contributed by atoms with E-state index in [1.807, 2.05) is 12.1 Å². The molecule has 0 aliphatic carbocycles. The molecule has 3 rings (SSSR count). The molecule has 0 bridgehead atoms. The standard InChI is InChI=1S/C13H10BrClN4/c1-2-8-9-10(14)11(15)18-13(9)19-12(17-8)7-3-5-16-6-4-7/h3-6H,2H2,1H3,(H,17,18,19). The highest BCUT2D eigenvalue weighted by atomic mass is 79.9. The van der Waals surface area contributed by atoms with Gasteiger partial charge in [-0.3, -0.25) is 4.98 Å². The second-order valence-corrected chi connectivity index (χ2v) is 5.23. The van der Waals surface area contributed by atoms with E-state index < -0.39 is 0 Å². The third kappa shape index (κ3) is 2.13. The molecule has 6 heteroatoms. The summed E-state index contributed by atoms with van der Waals surface area (Å²) < 4.78 is 0.822. The van der Waals surface area contributed by atoms with E-state index in [2.05, 4.69) is 42.8 Å². The Balaban J connectivity index is 2.29. The first kappa shape index (κ1) is 12.6. The van der Waals surface area contributed by atoms with Crippen molar-refractivity contribution in [2.24, 2.45) is 0 Å². The molecule has 0 amide bonds. The van der Waals surface area contributed by atoms with Crippen molar-refractivity contribution in [2.75, 3.05) is 0 Å². The van der Waals surface area contributed by atoms with Crippen LogP contribution in [0.2, 0.25) is 5.15 Å². The quantitative estimate of drug-likeness (QED) is 0.769. The van der Waals surface area contributed by atoms with Gasteiger partial charge in [-0.1, -0.05) is 18.5 Å². The van der Waals surface area contributed by atoms with Gasteiger partial charge in [-0.25, -0.2) is 9.97 Å². The number of aryl methyl sites for hydroxylation is 1. The van der Waals surface area contributed by atoms with Crippen LogP contribution in [0.25, 0.3) is 22.4 Å². The molecule has 0 aliphatic rings. The molecule has 0 unspecified atom stereocenters. The van der Waals surface area contributed by atoms with Gasteiger partial charge in [-0.15, -0.1) is 0 Å². The molecule has 4 nitrogen and oxygen atoms in total. The van der Waals surface area contributed by atoms with Gasteiger partial charge < -0.3 is 4.98 Å². The van der Waals surface area contributed by atoms with Crippen LogP contribution in [0.3, 0.4) is 0 Å². The number of aromatic nitrogens is 4. The minimum atomic E-state index is 0.547. The van der Waals surface area contributed by atoms with Gasteiger partial charge in [0.25, 0.3) is 0 Å². The SMILES string of the molecule is CCc1nc(-c2ccncc2)nc2[nH]c(Cl)c(Br)c12. The lowest BCUT2D eigenvalue weighted by atomic mass is 10.2. The molecule has 0 saturated heterocycles. The van der Waals surface area contributed by atoms with Crippen molar-refractivity contribution in [3.8, 4) is 11.4 Å². The number of H-pyrrole nitrogens is 1. The Hall–Kier alpha value is -1.46. The van der Waals surface area contributed by atoms with Crippen LogP contribution >= 0.6 is 27.5 Å². The Morgan fingerprint density at radius 3 is 2.68 bits per heavy atom. The van der Waals surface area contributed by atoms with Crippen molar-refractivity contribution in [3.05, 3.63) is 39.8 Å². The molecule has 3 aromatic heterocycles. The fourth-order valence-corrected chi connectivity index (χ4v) is 2.68. The number of aromatic amines is 1. The number of pyridine rings is 1. The van der Waals surface area contributed by atoms with E-state index in [1.165, 1.54) is 0 Å². The van der Waals surface area contributed by atoms with Crippen LogP contribution < -0.4 is 0 Å². The fourth-order valence-electron chi connectivity index (χ4n) is 1.98. The molecule has 96 valence electrons. The second kappa shape index (κ2) is 4.90. The molecule has 0 atom stereocenters. The number of halogens is 2. The third-order valence-corrected chi connectivity index (χ3v) is 4.20. The van der Waals surface area contributed by atoms with E-state index in [4.69, 9.17) is 11.6 Å². The number of nitrogens with zero attached hydrogens (tertiary/aromatic N) is 3. The minimum Gasteiger partial charge on any atom is -0.329 e. The summed E-state index contributed by atoms with van der Waals surface area (Å²) in [5, 5.41) is 1.50. The van der Waals surface area contributed by atoms with Gasteiger partial charge in [0.15, 0.2) is 5.82 Å². The van der Waals surface area contributed by atoms with Crippen LogP contribution in [0, 0.1) is 0 Å². The molecule has 0 fully saturated rings. The molecule has 0 spiro atoms. The molecule has 0 aromatic carbocycles. The summed E-state index contributed by atoms with van der Waals surface area (Å²) in [6, 6.07) is 3.78. The Labute approximate surface area is 123 Å². The normalized spacial score (nSPS) is 11.1. The lowest BCUT2D eigenvalue weighted by molar-refractivity contribution is 1.03. The Bertz CT molecular complexity index is 739. The van der Waals surface area contributed by atoms with Crippen molar-refractivity contribution in [1.82, 2.24) is 19.9 Å². The maximum Gasteiger partial charge on any atom is 0.161 e. The lowest BCUT2D eigenvalue weighted by Gasteiger charge is -2.04. The van der Waals surface area contributed by atoms with Crippen molar-refractivity contribution in [2.45, 2.75) is 13.3 Å². The highest BCUT2D eigenvalue weighted by Crippen LogP contribution is 2.33. The first-order valence-electron chi connectivity index (χ1n) is 5.84. The zero-order valence-corrected chi connectivity index (χ0v) is 12.5. The number of rotatable bonds is 2. The molecule has 0 saturated carbocycles. The summed E-state index contributed by atoms with van der Waals surface area (Å²) in [5.74, 6) is 0.678. The van der Waals surface area contributed by atoms with Crippen LogP contribution in [0.15, 0.2) is 29.0 Å². The van der Waals surface area contributed by atoms with E-state index in [0.29, 0.717) is 11.0 Å². The number of hydrogen-bond acceptors (Lipinski definition) is 3. The third-order valence-electron chi connectivity index (χ3n) is 2.90. The van der Waals surface area contributed by atoms with Crippen LogP contribution in [0.5, 0.6) is 0 Å². The predicted octanol–water partition coefficient (Wildman–Crippen LogP) is 4.00. The summed E-state index contributed by atoms with van der Waals surface area (Å²) in [6.07, 6.45) is 4.27. The number of hydrogen-bond donors (Lipinski definition) is 1. The van der Waals surface area contributed by atoms with Crippen molar-refractivity contribution in [1.29, 1.82) is 0 Å². The molecular weight excluding hydrogens is 328 g/mol. The molecule has 3 aromatic rings. The minimum absolute atomic E-state index is 0.547. The van der Waals surface area contributed by atoms with E-state index in [1.54, 1.807) is 12.4 Å². The summed E-state index contributed by atoms with van der Waals surface area (Å²) >= 11 is 9.57. The second-order valence-electron chi connectivity index (χ2n) is 4.06. The topological polar surface area (TPSA) is 54.5 Å². The smallest absolute Gasteiger partial charge is 0.161 e. The van der Waals surface area contributed by atoms with Crippen LogP contribution in [-0.2, 0) is 6.42 Å².